The average Bonchev–Trinajstić information content (AvgIpc) is 3.43. The molecular weight excluding hydrogens is 977 g/mol. The van der Waals surface area contributed by atoms with Crippen LogP contribution in [0.5, 0.6) is 0 Å². The molecule has 0 spiro atoms. The number of benzene rings is 8. The smallest absolute Gasteiger partial charge is 0.159 e. The molecule has 69 heavy (non-hydrogen) atoms. The summed E-state index contributed by atoms with van der Waals surface area (Å²) in [5.41, 5.74) is 15.7. The summed E-state index contributed by atoms with van der Waals surface area (Å²) >= 11 is 6.77. The van der Waals surface area contributed by atoms with Crippen molar-refractivity contribution < 1.29 is 9.59 Å². The molecule has 336 valence electrons. The minimum atomic E-state index is 0.121. The molecule has 0 fully saturated rings. The molecule has 6 heteroatoms. The molecule has 8 aromatic carbocycles. The molecule has 10 aromatic rings. The van der Waals surface area contributed by atoms with Crippen LogP contribution >= 0.6 is 31.9 Å². The van der Waals surface area contributed by atoms with Gasteiger partial charge in [-0.15, -0.1) is 0 Å². The third kappa shape index (κ3) is 14.5. The predicted octanol–water partition coefficient (Wildman–Crippen LogP) is 17.7. The van der Waals surface area contributed by atoms with Crippen LogP contribution in [0.1, 0.15) is 33.2 Å². The van der Waals surface area contributed by atoms with Crippen LogP contribution in [0.25, 0.3) is 73.4 Å². The standard InChI is InChI=1S/C25H19N.C23H16BrN.C8H8O.C7H5BrO/c1-2-19-13-15-20(16-14-19)23-17-24(21-9-5-3-6-10-21)26-25(18-23)22-11-7-4-8-12-22;24-21-13-11-17(12-14-21)20-15-22(18-7-3-1-4-8-18)25-23(16-20)19-9-5-2-6-10-19;1-7(9)8-5-3-2-4-6-8;8-7-3-1-6(5-9)2-4-7/h2-18H,1H2;1-16H;2-6H,1H3;1-5H. The molecule has 0 saturated carbocycles. The van der Waals surface area contributed by atoms with Crippen LogP contribution in [0, 0.1) is 0 Å². The molecule has 0 atom stereocenters. The molecule has 0 bridgehead atoms. The Bertz CT molecular complexity index is 3070. The number of Topliss-reactive ketones (excluding diaryl/α,β-unsaturated/α-hetero) is 1. The number of nitrogens with zero attached hydrogens (tertiary/aromatic N) is 2. The molecule has 0 aliphatic rings. The van der Waals surface area contributed by atoms with E-state index in [4.69, 9.17) is 9.97 Å². The van der Waals surface area contributed by atoms with Gasteiger partial charge in [0.2, 0.25) is 0 Å². The van der Waals surface area contributed by atoms with Gasteiger partial charge >= 0.3 is 0 Å². The maximum Gasteiger partial charge on any atom is 0.159 e. The van der Waals surface area contributed by atoms with Gasteiger partial charge in [0.15, 0.2) is 5.78 Å². The minimum absolute atomic E-state index is 0.121. The second-order valence-electron chi connectivity index (χ2n) is 15.6. The first-order valence-electron chi connectivity index (χ1n) is 22.3. The molecule has 0 N–H and O–H groups in total. The van der Waals surface area contributed by atoms with Crippen LogP contribution < -0.4 is 0 Å². The Labute approximate surface area is 422 Å². The minimum Gasteiger partial charge on any atom is -0.298 e. The van der Waals surface area contributed by atoms with Gasteiger partial charge < -0.3 is 0 Å². The molecule has 0 aliphatic heterocycles. The van der Waals surface area contributed by atoms with Gasteiger partial charge in [0.05, 0.1) is 22.8 Å². The summed E-state index contributed by atoms with van der Waals surface area (Å²) in [5, 5.41) is 0. The zero-order chi connectivity index (χ0) is 48.2. The normalized spacial score (nSPS) is 10.1. The Hall–Kier alpha value is -7.90. The molecule has 0 saturated heterocycles. The van der Waals surface area contributed by atoms with E-state index in [0.29, 0.717) is 5.56 Å². The van der Waals surface area contributed by atoms with Crippen LogP contribution in [0.4, 0.5) is 0 Å². The van der Waals surface area contributed by atoms with Gasteiger partial charge in [0.1, 0.15) is 6.29 Å². The fourth-order valence-corrected chi connectivity index (χ4v) is 7.62. The molecule has 0 unspecified atom stereocenters. The third-order valence-electron chi connectivity index (χ3n) is 10.8. The largest absolute Gasteiger partial charge is 0.298 e. The summed E-state index contributed by atoms with van der Waals surface area (Å²) in [6.45, 7) is 5.40. The van der Waals surface area contributed by atoms with Crippen molar-refractivity contribution in [3.05, 3.63) is 281 Å². The Balaban J connectivity index is 0.000000151. The fourth-order valence-electron chi connectivity index (χ4n) is 7.09. The van der Waals surface area contributed by atoms with Gasteiger partial charge in [-0.25, -0.2) is 9.97 Å². The molecule has 0 aliphatic carbocycles. The summed E-state index contributed by atoms with van der Waals surface area (Å²) < 4.78 is 2.07. The molecule has 0 amide bonds. The quantitative estimate of drug-likeness (QED) is 0.107. The van der Waals surface area contributed by atoms with Crippen molar-refractivity contribution in [3.63, 3.8) is 0 Å². The van der Waals surface area contributed by atoms with Crippen molar-refractivity contribution >= 4 is 50.0 Å². The number of carbonyl (C=O) groups excluding carboxylic acids is 2. The number of rotatable bonds is 9. The Morgan fingerprint density at radius 1 is 0.377 bits per heavy atom. The van der Waals surface area contributed by atoms with E-state index in [1.807, 2.05) is 121 Å². The number of aldehydes is 1. The fraction of sp³-hybridized carbons (Fsp3) is 0.0159. The highest BCUT2D eigenvalue weighted by atomic mass is 79.9. The topological polar surface area (TPSA) is 59.9 Å². The number of pyridine rings is 2. The van der Waals surface area contributed by atoms with Crippen LogP contribution in [0.15, 0.2) is 264 Å². The van der Waals surface area contributed by atoms with Crippen molar-refractivity contribution in [1.29, 1.82) is 0 Å². The summed E-state index contributed by atoms with van der Waals surface area (Å²) in [6.07, 6.45) is 2.69. The molecule has 2 heterocycles. The summed E-state index contributed by atoms with van der Waals surface area (Å²) in [6, 6.07) is 83.2. The molecule has 10 rings (SSSR count). The first kappa shape index (κ1) is 49.0. The van der Waals surface area contributed by atoms with Crippen molar-refractivity contribution in [1.82, 2.24) is 9.97 Å². The van der Waals surface area contributed by atoms with Crippen molar-refractivity contribution in [2.75, 3.05) is 0 Å². The molecule has 0 radical (unpaired) electrons. The Kier molecular flexibility index (Phi) is 18.0. The summed E-state index contributed by atoms with van der Waals surface area (Å²) in [4.78, 5) is 30.6. The molecule has 4 nitrogen and oxygen atoms in total. The van der Waals surface area contributed by atoms with Crippen molar-refractivity contribution in [2.24, 2.45) is 0 Å². The lowest BCUT2D eigenvalue weighted by Crippen LogP contribution is -1.91. The highest BCUT2D eigenvalue weighted by molar-refractivity contribution is 9.10. The van der Waals surface area contributed by atoms with Gasteiger partial charge in [-0.05, 0) is 83.3 Å². The van der Waals surface area contributed by atoms with Crippen molar-refractivity contribution in [2.45, 2.75) is 6.92 Å². The third-order valence-corrected chi connectivity index (χ3v) is 11.8. The van der Waals surface area contributed by atoms with Gasteiger partial charge in [-0.1, -0.05) is 245 Å². The predicted molar refractivity (Wildman–Crippen MR) is 295 cm³/mol. The second-order valence-corrected chi connectivity index (χ2v) is 17.5. The lowest BCUT2D eigenvalue weighted by Gasteiger charge is -2.10. The van der Waals surface area contributed by atoms with Crippen LogP contribution in [-0.4, -0.2) is 22.0 Å². The molecular formula is C63H48Br2N2O2. The average molecular weight is 1020 g/mol. The van der Waals surface area contributed by atoms with E-state index in [-0.39, 0.29) is 5.78 Å². The van der Waals surface area contributed by atoms with E-state index in [9.17, 15) is 9.59 Å². The van der Waals surface area contributed by atoms with E-state index in [2.05, 4.69) is 160 Å². The highest BCUT2D eigenvalue weighted by Crippen LogP contribution is 2.32. The van der Waals surface area contributed by atoms with Crippen molar-refractivity contribution in [3.8, 4) is 67.3 Å². The lowest BCUT2D eigenvalue weighted by molar-refractivity contribution is 0.101. The Morgan fingerprint density at radius 2 is 0.667 bits per heavy atom. The Morgan fingerprint density at radius 3 is 0.957 bits per heavy atom. The van der Waals surface area contributed by atoms with E-state index in [1.54, 1.807) is 19.1 Å². The van der Waals surface area contributed by atoms with E-state index < -0.39 is 0 Å². The number of aromatic nitrogens is 2. The van der Waals surface area contributed by atoms with Gasteiger partial charge in [-0.3, -0.25) is 9.59 Å². The SMILES string of the molecule is Brc1ccc(-c2cc(-c3ccccc3)nc(-c3ccccc3)c2)cc1.C=Cc1ccc(-c2cc(-c3ccccc3)nc(-c3ccccc3)c2)cc1.CC(=O)c1ccccc1.O=Cc1ccc(Br)cc1. The first-order valence-corrected chi connectivity index (χ1v) is 23.9. The van der Waals surface area contributed by atoms with Crippen LogP contribution in [0.2, 0.25) is 0 Å². The monoisotopic (exact) mass is 1020 g/mol. The summed E-state index contributed by atoms with van der Waals surface area (Å²) in [7, 11) is 0. The van der Waals surface area contributed by atoms with E-state index >= 15 is 0 Å². The van der Waals surface area contributed by atoms with E-state index in [0.717, 1.165) is 77.0 Å². The summed E-state index contributed by atoms with van der Waals surface area (Å²) in [5.74, 6) is 0.121. The lowest BCUT2D eigenvalue weighted by atomic mass is 9.99. The number of ketones is 1. The maximum absolute atomic E-state index is 10.6. The second kappa shape index (κ2) is 25.3. The number of carbonyl (C=O) groups is 2. The van der Waals surface area contributed by atoms with Crippen LogP contribution in [-0.2, 0) is 0 Å². The zero-order valence-corrected chi connectivity index (χ0v) is 41.2. The van der Waals surface area contributed by atoms with Crippen LogP contribution in [0.3, 0.4) is 0 Å². The van der Waals surface area contributed by atoms with Gasteiger partial charge in [0, 0.05) is 42.3 Å². The highest BCUT2D eigenvalue weighted by Gasteiger charge is 2.10. The van der Waals surface area contributed by atoms with E-state index in [1.165, 1.54) is 16.7 Å². The first-order chi connectivity index (χ1) is 33.8. The maximum atomic E-state index is 10.6. The zero-order valence-electron chi connectivity index (χ0n) is 38.0. The van der Waals surface area contributed by atoms with Gasteiger partial charge in [-0.2, -0.15) is 0 Å². The number of hydrogen-bond donors (Lipinski definition) is 0. The number of hydrogen-bond acceptors (Lipinski definition) is 4. The van der Waals surface area contributed by atoms with Gasteiger partial charge in [0.25, 0.3) is 0 Å². The molecule has 2 aromatic heterocycles. The number of halogens is 2.